The van der Waals surface area contributed by atoms with Crippen LogP contribution in [-0.4, -0.2) is 16.7 Å². The SMILES string of the molecule is Cc1cc(C)c(N=S(C)(C)=O)cc1N. The lowest BCUT2D eigenvalue weighted by molar-refractivity contribution is 0.684. The molecule has 14 heavy (non-hydrogen) atoms. The van der Waals surface area contributed by atoms with Gasteiger partial charge in [0.1, 0.15) is 0 Å². The van der Waals surface area contributed by atoms with Gasteiger partial charge in [0, 0.05) is 27.9 Å². The average Bonchev–Trinajstić information content (AvgIpc) is 1.97. The van der Waals surface area contributed by atoms with Crippen molar-refractivity contribution in [1.82, 2.24) is 0 Å². The molecule has 0 spiro atoms. The Bertz CT molecular complexity index is 463. The molecule has 0 unspecified atom stereocenters. The summed E-state index contributed by atoms with van der Waals surface area (Å²) in [5.74, 6) is 0. The molecule has 4 heteroatoms. The average molecular weight is 212 g/mol. The smallest absolute Gasteiger partial charge is 0.0779 e. The molecule has 0 saturated heterocycles. The largest absolute Gasteiger partial charge is 0.398 e. The Balaban J connectivity index is 3.38. The standard InChI is InChI=1S/C10H16N2OS/c1-7-5-8(2)10(6-9(7)11)12-14(3,4)13/h5-6H,11H2,1-4H3. The molecular formula is C10H16N2OS. The van der Waals surface area contributed by atoms with Crippen LogP contribution in [0.25, 0.3) is 0 Å². The first-order valence-electron chi connectivity index (χ1n) is 4.33. The molecular weight excluding hydrogens is 196 g/mol. The van der Waals surface area contributed by atoms with Crippen LogP contribution in [0, 0.1) is 13.8 Å². The summed E-state index contributed by atoms with van der Waals surface area (Å²) in [4.78, 5) is 0. The van der Waals surface area contributed by atoms with E-state index in [0.29, 0.717) is 5.69 Å². The maximum absolute atomic E-state index is 11.5. The van der Waals surface area contributed by atoms with Crippen molar-refractivity contribution in [2.24, 2.45) is 4.36 Å². The van der Waals surface area contributed by atoms with E-state index in [1.165, 1.54) is 0 Å². The normalized spacial score (nSPS) is 11.4. The van der Waals surface area contributed by atoms with Crippen molar-refractivity contribution in [2.75, 3.05) is 18.2 Å². The zero-order valence-electron chi connectivity index (χ0n) is 9.00. The van der Waals surface area contributed by atoms with Crippen LogP contribution in [0.15, 0.2) is 16.5 Å². The summed E-state index contributed by atoms with van der Waals surface area (Å²) < 4.78 is 15.6. The molecule has 1 rings (SSSR count). The highest BCUT2D eigenvalue weighted by molar-refractivity contribution is 7.92. The number of hydrogen-bond acceptors (Lipinski definition) is 3. The minimum absolute atomic E-state index is 0.693. The molecule has 0 fully saturated rings. The molecule has 0 saturated carbocycles. The van der Waals surface area contributed by atoms with E-state index in [2.05, 4.69) is 4.36 Å². The van der Waals surface area contributed by atoms with Crippen molar-refractivity contribution in [1.29, 1.82) is 0 Å². The summed E-state index contributed by atoms with van der Waals surface area (Å²) in [5.41, 5.74) is 9.21. The predicted molar refractivity (Wildman–Crippen MR) is 62.4 cm³/mol. The minimum Gasteiger partial charge on any atom is -0.398 e. The molecule has 0 aromatic heterocycles. The highest BCUT2D eigenvalue weighted by Gasteiger charge is 2.02. The molecule has 0 aliphatic heterocycles. The quantitative estimate of drug-likeness (QED) is 0.726. The first-order valence-corrected chi connectivity index (χ1v) is 6.66. The van der Waals surface area contributed by atoms with E-state index in [1.807, 2.05) is 19.9 Å². The second kappa shape index (κ2) is 3.61. The van der Waals surface area contributed by atoms with Gasteiger partial charge in [0.05, 0.1) is 5.69 Å². The third-order valence-electron chi connectivity index (χ3n) is 1.90. The van der Waals surface area contributed by atoms with Crippen molar-refractivity contribution in [3.63, 3.8) is 0 Å². The number of hydrogen-bond donors (Lipinski definition) is 1. The van der Waals surface area contributed by atoms with E-state index < -0.39 is 9.73 Å². The third kappa shape index (κ3) is 2.73. The predicted octanol–water partition coefficient (Wildman–Crippen LogP) is 2.24. The van der Waals surface area contributed by atoms with Gasteiger partial charge in [-0.05, 0) is 31.0 Å². The summed E-state index contributed by atoms with van der Waals surface area (Å²) >= 11 is 0. The lowest BCUT2D eigenvalue weighted by atomic mass is 10.1. The van der Waals surface area contributed by atoms with Crippen LogP contribution >= 0.6 is 0 Å². The lowest BCUT2D eigenvalue weighted by Crippen LogP contribution is -1.93. The first-order chi connectivity index (χ1) is 6.29. The van der Waals surface area contributed by atoms with Gasteiger partial charge in [-0.1, -0.05) is 6.07 Å². The minimum atomic E-state index is -2.11. The molecule has 0 amide bonds. The molecule has 3 nitrogen and oxygen atoms in total. The molecule has 2 N–H and O–H groups in total. The van der Waals surface area contributed by atoms with Gasteiger partial charge >= 0.3 is 0 Å². The second-order valence-corrected chi connectivity index (χ2v) is 6.31. The monoisotopic (exact) mass is 212 g/mol. The molecule has 78 valence electrons. The Kier molecular flexibility index (Phi) is 2.85. The van der Waals surface area contributed by atoms with Crippen LogP contribution in [0.3, 0.4) is 0 Å². The number of nitrogens with zero attached hydrogens (tertiary/aromatic N) is 1. The Hall–Kier alpha value is -1.03. The van der Waals surface area contributed by atoms with E-state index in [1.54, 1.807) is 18.6 Å². The van der Waals surface area contributed by atoms with E-state index in [0.717, 1.165) is 16.8 Å². The van der Waals surface area contributed by atoms with Gasteiger partial charge < -0.3 is 5.73 Å². The zero-order chi connectivity index (χ0) is 10.9. The summed E-state index contributed by atoms with van der Waals surface area (Å²) in [6.07, 6.45) is 3.23. The van der Waals surface area contributed by atoms with Crippen LogP contribution < -0.4 is 5.73 Å². The van der Waals surface area contributed by atoms with Crippen molar-refractivity contribution in [3.05, 3.63) is 23.3 Å². The molecule has 0 bridgehead atoms. The van der Waals surface area contributed by atoms with Crippen LogP contribution in [0.2, 0.25) is 0 Å². The van der Waals surface area contributed by atoms with E-state index in [9.17, 15) is 4.21 Å². The fraction of sp³-hybridized carbons (Fsp3) is 0.400. The highest BCUT2D eigenvalue weighted by Crippen LogP contribution is 2.25. The maximum Gasteiger partial charge on any atom is 0.0779 e. The second-order valence-electron chi connectivity index (χ2n) is 3.77. The summed E-state index contributed by atoms with van der Waals surface area (Å²) in [5, 5.41) is 0. The van der Waals surface area contributed by atoms with Gasteiger partial charge in [-0.15, -0.1) is 0 Å². The van der Waals surface area contributed by atoms with E-state index in [4.69, 9.17) is 5.73 Å². The highest BCUT2D eigenvalue weighted by atomic mass is 32.2. The van der Waals surface area contributed by atoms with Gasteiger partial charge in [0.2, 0.25) is 0 Å². The number of nitrogens with two attached hydrogens (primary N) is 1. The first kappa shape index (κ1) is 11.0. The Morgan fingerprint density at radius 3 is 2.29 bits per heavy atom. The molecule has 1 aromatic rings. The number of anilines is 1. The summed E-state index contributed by atoms with van der Waals surface area (Å²) in [6, 6.07) is 3.73. The molecule has 0 heterocycles. The zero-order valence-corrected chi connectivity index (χ0v) is 9.81. The van der Waals surface area contributed by atoms with Gasteiger partial charge in [-0.3, -0.25) is 0 Å². The van der Waals surface area contributed by atoms with Crippen molar-refractivity contribution in [3.8, 4) is 0 Å². The van der Waals surface area contributed by atoms with E-state index >= 15 is 0 Å². The molecule has 0 aliphatic rings. The van der Waals surface area contributed by atoms with Crippen molar-refractivity contribution >= 4 is 21.1 Å². The maximum atomic E-state index is 11.5. The molecule has 0 radical (unpaired) electrons. The van der Waals surface area contributed by atoms with Gasteiger partial charge in [0.25, 0.3) is 0 Å². The Labute approximate surface area is 85.5 Å². The van der Waals surface area contributed by atoms with Crippen LogP contribution in [0.1, 0.15) is 11.1 Å². The number of aryl methyl sites for hydroxylation is 2. The fourth-order valence-corrected chi connectivity index (χ4v) is 1.86. The fourth-order valence-electron chi connectivity index (χ4n) is 1.19. The number of rotatable bonds is 1. The van der Waals surface area contributed by atoms with Gasteiger partial charge in [-0.25, -0.2) is 4.21 Å². The Morgan fingerprint density at radius 2 is 1.79 bits per heavy atom. The van der Waals surface area contributed by atoms with Crippen LogP contribution in [-0.2, 0) is 9.73 Å². The van der Waals surface area contributed by atoms with Crippen LogP contribution in [0.5, 0.6) is 0 Å². The van der Waals surface area contributed by atoms with Gasteiger partial charge in [-0.2, -0.15) is 4.36 Å². The molecule has 0 aliphatic carbocycles. The van der Waals surface area contributed by atoms with Gasteiger partial charge in [0.15, 0.2) is 0 Å². The van der Waals surface area contributed by atoms with Crippen molar-refractivity contribution in [2.45, 2.75) is 13.8 Å². The topological polar surface area (TPSA) is 55.5 Å². The van der Waals surface area contributed by atoms with E-state index in [-0.39, 0.29) is 0 Å². The van der Waals surface area contributed by atoms with Crippen LogP contribution in [0.4, 0.5) is 11.4 Å². The molecule has 1 aromatic carbocycles. The summed E-state index contributed by atoms with van der Waals surface area (Å²) in [6.45, 7) is 3.89. The van der Waals surface area contributed by atoms with Crippen molar-refractivity contribution < 1.29 is 4.21 Å². The Morgan fingerprint density at radius 1 is 1.21 bits per heavy atom. The summed E-state index contributed by atoms with van der Waals surface area (Å²) in [7, 11) is -2.11. The number of benzene rings is 1. The lowest BCUT2D eigenvalue weighted by Gasteiger charge is -2.06. The number of nitrogen functional groups attached to an aromatic ring is 1. The molecule has 0 atom stereocenters. The third-order valence-corrected chi connectivity index (χ3v) is 2.54.